The topological polar surface area (TPSA) is 38.5 Å². The zero-order chi connectivity index (χ0) is 13.9. The number of nitrogens with zero attached hydrogens (tertiary/aromatic N) is 1. The molecular formula is C15H26N2O. The Bertz CT molecular complexity index is 408. The van der Waals surface area contributed by atoms with Crippen LogP contribution in [0.2, 0.25) is 0 Å². The molecule has 1 aromatic carbocycles. The fourth-order valence-corrected chi connectivity index (χ4v) is 2.49. The second kappa shape index (κ2) is 5.72. The molecule has 3 nitrogen and oxygen atoms in total. The molecule has 3 heteroatoms. The smallest absolute Gasteiger partial charge is 0.126 e. The minimum absolute atomic E-state index is 0.180. The Hall–Kier alpha value is -1.06. The van der Waals surface area contributed by atoms with Crippen LogP contribution in [0.1, 0.15) is 30.5 Å². The standard InChI is InChI=1S/C15H26N2O/c1-11-7-12(2)14(18-6)13(8-11)9-17(5)10-15(3,4)16/h7-8H,9-10,16H2,1-6H3. The van der Waals surface area contributed by atoms with Crippen LogP contribution in [0.25, 0.3) is 0 Å². The number of hydrogen-bond donors (Lipinski definition) is 1. The van der Waals surface area contributed by atoms with E-state index < -0.39 is 0 Å². The van der Waals surface area contributed by atoms with E-state index in [9.17, 15) is 0 Å². The number of methoxy groups -OCH3 is 1. The van der Waals surface area contributed by atoms with Crippen molar-refractivity contribution < 1.29 is 4.74 Å². The van der Waals surface area contributed by atoms with Gasteiger partial charge in [0.15, 0.2) is 0 Å². The molecule has 2 N–H and O–H groups in total. The molecule has 0 amide bonds. The highest BCUT2D eigenvalue weighted by Gasteiger charge is 2.16. The maximum Gasteiger partial charge on any atom is 0.126 e. The van der Waals surface area contributed by atoms with Crippen LogP contribution < -0.4 is 10.5 Å². The van der Waals surface area contributed by atoms with E-state index in [0.717, 1.165) is 18.8 Å². The van der Waals surface area contributed by atoms with Gasteiger partial charge in [-0.05, 0) is 40.3 Å². The molecule has 0 bridgehead atoms. The molecule has 0 radical (unpaired) electrons. The summed E-state index contributed by atoms with van der Waals surface area (Å²) in [4.78, 5) is 2.23. The monoisotopic (exact) mass is 250 g/mol. The summed E-state index contributed by atoms with van der Waals surface area (Å²) < 4.78 is 5.50. The molecule has 0 aliphatic rings. The van der Waals surface area contributed by atoms with Crippen LogP contribution in [0.3, 0.4) is 0 Å². The van der Waals surface area contributed by atoms with Crippen LogP contribution in [-0.2, 0) is 6.54 Å². The van der Waals surface area contributed by atoms with E-state index in [2.05, 4.69) is 37.9 Å². The van der Waals surface area contributed by atoms with Crippen molar-refractivity contribution in [2.45, 2.75) is 39.8 Å². The van der Waals surface area contributed by atoms with Crippen molar-refractivity contribution in [3.63, 3.8) is 0 Å². The van der Waals surface area contributed by atoms with Gasteiger partial charge in [-0.2, -0.15) is 0 Å². The average molecular weight is 250 g/mol. The molecule has 0 aromatic heterocycles. The third-order valence-corrected chi connectivity index (χ3v) is 2.82. The first-order valence-electron chi connectivity index (χ1n) is 6.34. The molecule has 0 aliphatic carbocycles. The summed E-state index contributed by atoms with van der Waals surface area (Å²) in [6, 6.07) is 4.33. The van der Waals surface area contributed by atoms with Crippen molar-refractivity contribution in [3.05, 3.63) is 28.8 Å². The number of likely N-dealkylation sites (N-methyl/N-ethyl adjacent to an activating group) is 1. The van der Waals surface area contributed by atoms with E-state index in [0.29, 0.717) is 0 Å². The Morgan fingerprint density at radius 1 is 1.28 bits per heavy atom. The Labute approximate surface area is 111 Å². The van der Waals surface area contributed by atoms with Crippen LogP contribution in [0.15, 0.2) is 12.1 Å². The van der Waals surface area contributed by atoms with Crippen molar-refractivity contribution in [1.82, 2.24) is 4.90 Å². The second-order valence-corrected chi connectivity index (χ2v) is 5.94. The lowest BCUT2D eigenvalue weighted by Gasteiger charge is -2.27. The van der Waals surface area contributed by atoms with Gasteiger partial charge in [0, 0.05) is 24.2 Å². The maximum absolute atomic E-state index is 6.05. The summed E-state index contributed by atoms with van der Waals surface area (Å²) in [6.45, 7) is 9.99. The fraction of sp³-hybridized carbons (Fsp3) is 0.600. The largest absolute Gasteiger partial charge is 0.496 e. The quantitative estimate of drug-likeness (QED) is 0.872. The molecule has 0 atom stereocenters. The van der Waals surface area contributed by atoms with Crippen LogP contribution in [0.4, 0.5) is 0 Å². The summed E-state index contributed by atoms with van der Waals surface area (Å²) >= 11 is 0. The van der Waals surface area contributed by atoms with E-state index in [1.54, 1.807) is 7.11 Å². The van der Waals surface area contributed by atoms with Gasteiger partial charge in [0.2, 0.25) is 0 Å². The third-order valence-electron chi connectivity index (χ3n) is 2.82. The van der Waals surface area contributed by atoms with Gasteiger partial charge in [0.1, 0.15) is 5.75 Å². The Morgan fingerprint density at radius 3 is 2.39 bits per heavy atom. The molecule has 0 unspecified atom stereocenters. The zero-order valence-electron chi connectivity index (χ0n) is 12.5. The van der Waals surface area contributed by atoms with Crippen molar-refractivity contribution >= 4 is 0 Å². The Morgan fingerprint density at radius 2 is 1.89 bits per heavy atom. The molecule has 0 spiro atoms. The van der Waals surface area contributed by atoms with Gasteiger partial charge >= 0.3 is 0 Å². The first-order chi connectivity index (χ1) is 8.23. The van der Waals surface area contributed by atoms with Gasteiger partial charge in [0.25, 0.3) is 0 Å². The molecule has 0 aliphatic heterocycles. The number of aryl methyl sites for hydroxylation is 2. The predicted molar refractivity (Wildman–Crippen MR) is 77.1 cm³/mol. The molecule has 0 saturated heterocycles. The van der Waals surface area contributed by atoms with Gasteiger partial charge in [0.05, 0.1) is 7.11 Å². The highest BCUT2D eigenvalue weighted by molar-refractivity contribution is 5.43. The van der Waals surface area contributed by atoms with Gasteiger partial charge < -0.3 is 15.4 Å². The number of hydrogen-bond acceptors (Lipinski definition) is 3. The van der Waals surface area contributed by atoms with Gasteiger partial charge in [-0.3, -0.25) is 0 Å². The van der Waals surface area contributed by atoms with Gasteiger partial charge in [-0.1, -0.05) is 17.7 Å². The lowest BCUT2D eigenvalue weighted by molar-refractivity contribution is 0.259. The summed E-state index contributed by atoms with van der Waals surface area (Å²) in [5.41, 5.74) is 9.55. The molecule has 102 valence electrons. The first-order valence-corrected chi connectivity index (χ1v) is 6.34. The molecule has 1 aromatic rings. The predicted octanol–water partition coefficient (Wildman–Crippen LogP) is 2.48. The summed E-state index contributed by atoms with van der Waals surface area (Å²) in [6.07, 6.45) is 0. The van der Waals surface area contributed by atoms with Crippen LogP contribution in [0, 0.1) is 13.8 Å². The fourth-order valence-electron chi connectivity index (χ4n) is 2.49. The number of rotatable bonds is 5. The SMILES string of the molecule is COc1c(C)cc(C)cc1CN(C)CC(C)(C)N. The van der Waals surface area contributed by atoms with E-state index in [4.69, 9.17) is 10.5 Å². The van der Waals surface area contributed by atoms with Crippen molar-refractivity contribution in [3.8, 4) is 5.75 Å². The Balaban J connectivity index is 2.90. The van der Waals surface area contributed by atoms with E-state index in [-0.39, 0.29) is 5.54 Å². The minimum Gasteiger partial charge on any atom is -0.496 e. The lowest BCUT2D eigenvalue weighted by atomic mass is 10.0. The average Bonchev–Trinajstić information content (AvgIpc) is 2.13. The maximum atomic E-state index is 6.05. The van der Waals surface area contributed by atoms with E-state index in [1.807, 2.05) is 13.8 Å². The van der Waals surface area contributed by atoms with Gasteiger partial charge in [-0.25, -0.2) is 0 Å². The number of benzene rings is 1. The van der Waals surface area contributed by atoms with Crippen molar-refractivity contribution in [1.29, 1.82) is 0 Å². The molecule has 18 heavy (non-hydrogen) atoms. The van der Waals surface area contributed by atoms with E-state index in [1.165, 1.54) is 16.7 Å². The third kappa shape index (κ3) is 4.31. The van der Waals surface area contributed by atoms with E-state index >= 15 is 0 Å². The van der Waals surface area contributed by atoms with Crippen LogP contribution in [-0.4, -0.2) is 31.1 Å². The minimum atomic E-state index is -0.180. The van der Waals surface area contributed by atoms with Gasteiger partial charge in [-0.15, -0.1) is 0 Å². The van der Waals surface area contributed by atoms with Crippen LogP contribution in [0.5, 0.6) is 5.75 Å². The Kier molecular flexibility index (Phi) is 4.77. The normalized spacial score (nSPS) is 12.0. The summed E-state index contributed by atoms with van der Waals surface area (Å²) in [5, 5.41) is 0. The zero-order valence-corrected chi connectivity index (χ0v) is 12.5. The van der Waals surface area contributed by atoms with Crippen molar-refractivity contribution in [2.75, 3.05) is 20.7 Å². The molecular weight excluding hydrogens is 224 g/mol. The van der Waals surface area contributed by atoms with Crippen molar-refractivity contribution in [2.24, 2.45) is 5.73 Å². The highest BCUT2D eigenvalue weighted by Crippen LogP contribution is 2.26. The molecule has 0 fully saturated rings. The number of nitrogens with two attached hydrogens (primary N) is 1. The highest BCUT2D eigenvalue weighted by atomic mass is 16.5. The molecule has 0 heterocycles. The lowest BCUT2D eigenvalue weighted by Crippen LogP contribution is -2.43. The summed E-state index contributed by atoms with van der Waals surface area (Å²) in [5.74, 6) is 0.988. The molecule has 1 rings (SSSR count). The number of ether oxygens (including phenoxy) is 1. The molecule has 0 saturated carbocycles. The second-order valence-electron chi connectivity index (χ2n) is 5.94. The van der Waals surface area contributed by atoms with Crippen LogP contribution >= 0.6 is 0 Å². The first kappa shape index (κ1) is 15.0. The summed E-state index contributed by atoms with van der Waals surface area (Å²) in [7, 11) is 3.82.